The van der Waals surface area contributed by atoms with Crippen LogP contribution in [0.1, 0.15) is 26.2 Å². The smallest absolute Gasteiger partial charge is 0.305 e. The van der Waals surface area contributed by atoms with Crippen molar-refractivity contribution in [2.45, 2.75) is 26.2 Å². The highest BCUT2D eigenvalue weighted by molar-refractivity contribution is 5.77. The fourth-order valence-electron chi connectivity index (χ4n) is 1.41. The lowest BCUT2D eigenvalue weighted by Gasteiger charge is -2.08. The largest absolute Gasteiger partial charge is 0.494 e. The number of rotatable bonds is 7. The van der Waals surface area contributed by atoms with Gasteiger partial charge in [-0.2, -0.15) is 0 Å². The summed E-state index contributed by atoms with van der Waals surface area (Å²) in [6.07, 6.45) is 1.44. The van der Waals surface area contributed by atoms with Gasteiger partial charge < -0.3 is 19.4 Å². The summed E-state index contributed by atoms with van der Waals surface area (Å²) in [7, 11) is 1.36. The molecule has 0 amide bonds. The minimum atomic E-state index is -0.243. The van der Waals surface area contributed by atoms with Gasteiger partial charge in [-0.25, -0.2) is 0 Å². The van der Waals surface area contributed by atoms with Gasteiger partial charge in [-0.1, -0.05) is 12.1 Å². The summed E-state index contributed by atoms with van der Waals surface area (Å²) < 4.78 is 15.3. The normalized spacial score (nSPS) is 11.0. The first kappa shape index (κ1) is 15.8. The molecule has 0 aliphatic heterocycles. The van der Waals surface area contributed by atoms with Crippen LogP contribution in [0.2, 0.25) is 0 Å². The standard InChI is InChI=1S/C14H19NO5/c1-3-13(15-17)20-12-8-6-11(7-9-12)19-10-4-5-14(16)18-2/h6-9,17H,3-5,10H2,1-2H3. The summed E-state index contributed by atoms with van der Waals surface area (Å²) >= 11 is 0. The molecule has 0 atom stereocenters. The van der Waals surface area contributed by atoms with Gasteiger partial charge in [0.1, 0.15) is 11.5 Å². The molecule has 0 aliphatic rings. The van der Waals surface area contributed by atoms with E-state index in [1.807, 2.05) is 6.92 Å². The van der Waals surface area contributed by atoms with Crippen LogP contribution in [-0.2, 0) is 9.53 Å². The Morgan fingerprint density at radius 2 is 1.90 bits per heavy atom. The third-order valence-electron chi connectivity index (χ3n) is 2.50. The molecule has 0 bridgehead atoms. The summed E-state index contributed by atoms with van der Waals surface area (Å²) in [5, 5.41) is 11.7. The van der Waals surface area contributed by atoms with Crippen LogP contribution >= 0.6 is 0 Å². The van der Waals surface area contributed by atoms with Crippen LogP contribution in [0.25, 0.3) is 0 Å². The van der Waals surface area contributed by atoms with Crippen molar-refractivity contribution in [1.29, 1.82) is 0 Å². The summed E-state index contributed by atoms with van der Waals surface area (Å²) in [6, 6.07) is 6.93. The number of esters is 1. The van der Waals surface area contributed by atoms with Crippen molar-refractivity contribution in [3.05, 3.63) is 24.3 Å². The number of hydrogen-bond donors (Lipinski definition) is 1. The Balaban J connectivity index is 2.37. The highest BCUT2D eigenvalue weighted by Crippen LogP contribution is 2.18. The Bertz CT molecular complexity index is 441. The minimum Gasteiger partial charge on any atom is -0.494 e. The second kappa shape index (κ2) is 8.79. The fraction of sp³-hybridized carbons (Fsp3) is 0.429. The zero-order chi connectivity index (χ0) is 14.8. The maximum atomic E-state index is 10.9. The fourth-order valence-corrected chi connectivity index (χ4v) is 1.41. The topological polar surface area (TPSA) is 77.4 Å². The third-order valence-corrected chi connectivity index (χ3v) is 2.50. The van der Waals surface area contributed by atoms with Gasteiger partial charge in [0.25, 0.3) is 0 Å². The van der Waals surface area contributed by atoms with Crippen molar-refractivity contribution in [3.8, 4) is 11.5 Å². The molecule has 20 heavy (non-hydrogen) atoms. The monoisotopic (exact) mass is 281 g/mol. The lowest BCUT2D eigenvalue weighted by molar-refractivity contribution is -0.140. The number of methoxy groups -OCH3 is 1. The van der Waals surface area contributed by atoms with Crippen LogP contribution in [0.15, 0.2) is 29.4 Å². The summed E-state index contributed by atoms with van der Waals surface area (Å²) in [5.41, 5.74) is 0. The molecule has 0 saturated heterocycles. The van der Waals surface area contributed by atoms with Gasteiger partial charge in [0.05, 0.1) is 13.7 Å². The van der Waals surface area contributed by atoms with Crippen molar-refractivity contribution in [2.24, 2.45) is 5.16 Å². The number of nitrogens with zero attached hydrogens (tertiary/aromatic N) is 1. The molecular weight excluding hydrogens is 262 g/mol. The average molecular weight is 281 g/mol. The van der Waals surface area contributed by atoms with E-state index in [4.69, 9.17) is 14.7 Å². The van der Waals surface area contributed by atoms with Crippen LogP contribution < -0.4 is 9.47 Å². The summed E-state index contributed by atoms with van der Waals surface area (Å²) in [5.74, 6) is 1.26. The highest BCUT2D eigenvalue weighted by Gasteiger charge is 2.02. The van der Waals surface area contributed by atoms with E-state index >= 15 is 0 Å². The number of carbonyl (C=O) groups excluding carboxylic acids is 1. The van der Waals surface area contributed by atoms with E-state index in [0.29, 0.717) is 37.4 Å². The molecule has 110 valence electrons. The third kappa shape index (κ3) is 5.60. The van der Waals surface area contributed by atoms with Gasteiger partial charge >= 0.3 is 5.97 Å². The first-order chi connectivity index (χ1) is 9.69. The van der Waals surface area contributed by atoms with Crippen LogP contribution in [-0.4, -0.2) is 30.8 Å². The molecule has 0 heterocycles. The SMILES string of the molecule is CCC(=NO)Oc1ccc(OCCCC(=O)OC)cc1. The minimum absolute atomic E-state index is 0.243. The molecule has 0 aromatic heterocycles. The maximum Gasteiger partial charge on any atom is 0.305 e. The predicted octanol–water partition coefficient (Wildman–Crippen LogP) is 2.60. The van der Waals surface area contributed by atoms with Crippen molar-refractivity contribution in [2.75, 3.05) is 13.7 Å². The molecule has 6 heteroatoms. The first-order valence-corrected chi connectivity index (χ1v) is 6.38. The molecule has 0 spiro atoms. The number of carbonyl (C=O) groups is 1. The van der Waals surface area contributed by atoms with Crippen molar-refractivity contribution >= 4 is 11.9 Å². The molecule has 0 saturated carbocycles. The van der Waals surface area contributed by atoms with Crippen LogP contribution in [0, 0.1) is 0 Å². The summed E-state index contributed by atoms with van der Waals surface area (Å²) in [4.78, 5) is 10.9. The van der Waals surface area contributed by atoms with E-state index in [2.05, 4.69) is 9.89 Å². The van der Waals surface area contributed by atoms with Gasteiger partial charge in [0, 0.05) is 12.8 Å². The molecule has 6 nitrogen and oxygen atoms in total. The number of oxime groups is 1. The molecule has 0 aliphatic carbocycles. The van der Waals surface area contributed by atoms with Gasteiger partial charge in [0.15, 0.2) is 0 Å². The van der Waals surface area contributed by atoms with E-state index in [0.717, 1.165) is 0 Å². The van der Waals surface area contributed by atoms with E-state index in [9.17, 15) is 4.79 Å². The Morgan fingerprint density at radius 1 is 1.25 bits per heavy atom. The molecule has 1 aromatic rings. The quantitative estimate of drug-likeness (QED) is 0.207. The Kier molecular flexibility index (Phi) is 6.95. The van der Waals surface area contributed by atoms with Crippen LogP contribution in [0.4, 0.5) is 0 Å². The van der Waals surface area contributed by atoms with E-state index in [1.165, 1.54) is 7.11 Å². The van der Waals surface area contributed by atoms with E-state index in [1.54, 1.807) is 24.3 Å². The number of hydrogen-bond acceptors (Lipinski definition) is 6. The van der Waals surface area contributed by atoms with Gasteiger partial charge in [0.2, 0.25) is 5.90 Å². The van der Waals surface area contributed by atoms with Crippen molar-refractivity contribution in [1.82, 2.24) is 0 Å². The highest BCUT2D eigenvalue weighted by atomic mass is 16.5. The number of ether oxygens (including phenoxy) is 3. The summed E-state index contributed by atoms with van der Waals surface area (Å²) in [6.45, 7) is 2.27. The van der Waals surface area contributed by atoms with Gasteiger partial charge in [-0.3, -0.25) is 4.79 Å². The molecule has 0 radical (unpaired) electrons. The molecule has 1 aromatic carbocycles. The lowest BCUT2D eigenvalue weighted by Crippen LogP contribution is -2.06. The Morgan fingerprint density at radius 3 is 2.45 bits per heavy atom. The maximum absolute atomic E-state index is 10.9. The lowest BCUT2D eigenvalue weighted by atomic mass is 10.3. The predicted molar refractivity (Wildman–Crippen MR) is 73.3 cm³/mol. The molecule has 1 rings (SSSR count). The van der Waals surface area contributed by atoms with Crippen molar-refractivity contribution in [3.63, 3.8) is 0 Å². The second-order valence-corrected chi connectivity index (χ2v) is 3.95. The van der Waals surface area contributed by atoms with E-state index in [-0.39, 0.29) is 11.9 Å². The molecule has 0 unspecified atom stereocenters. The first-order valence-electron chi connectivity index (χ1n) is 6.38. The molecule has 1 N–H and O–H groups in total. The zero-order valence-corrected chi connectivity index (χ0v) is 11.7. The van der Waals surface area contributed by atoms with Crippen molar-refractivity contribution < 1.29 is 24.2 Å². The Hall–Kier alpha value is -2.24. The second-order valence-electron chi connectivity index (χ2n) is 3.95. The molecule has 0 fully saturated rings. The molecular formula is C14H19NO5. The number of benzene rings is 1. The van der Waals surface area contributed by atoms with Gasteiger partial charge in [-0.15, -0.1) is 0 Å². The van der Waals surface area contributed by atoms with Gasteiger partial charge in [-0.05, 0) is 30.7 Å². The zero-order valence-electron chi connectivity index (χ0n) is 11.7. The average Bonchev–Trinajstić information content (AvgIpc) is 2.50. The Labute approximate surface area is 117 Å². The van der Waals surface area contributed by atoms with Crippen LogP contribution in [0.3, 0.4) is 0 Å². The van der Waals surface area contributed by atoms with Crippen LogP contribution in [0.5, 0.6) is 11.5 Å². The van der Waals surface area contributed by atoms with E-state index < -0.39 is 0 Å².